The van der Waals surface area contributed by atoms with Gasteiger partial charge in [0.15, 0.2) is 11.1 Å². The zero-order valence-electron chi connectivity index (χ0n) is 23.2. The van der Waals surface area contributed by atoms with Gasteiger partial charge in [0.05, 0.1) is 12.8 Å². The number of rotatable bonds is 5. The van der Waals surface area contributed by atoms with E-state index in [1.807, 2.05) is 71.0 Å². The lowest BCUT2D eigenvalue weighted by atomic mass is 10.2. The molecule has 37 heavy (non-hydrogen) atoms. The van der Waals surface area contributed by atoms with E-state index in [1.165, 1.54) is 37.1 Å². The van der Waals surface area contributed by atoms with E-state index < -0.39 is 6.09 Å². The van der Waals surface area contributed by atoms with Crippen LogP contribution in [-0.2, 0) is 9.53 Å². The number of aryl methyl sites for hydroxylation is 3. The van der Waals surface area contributed by atoms with Gasteiger partial charge in [0.2, 0.25) is 5.91 Å². The molecule has 0 bridgehead atoms. The Balaban J connectivity index is 0. The SMILES string of the molecule is C/C=C/N=C(N)N.C=C(/C=C\C)CC.CC(=O)Nc1nc(C)c(C)s1.COC(=O)Nc1ccc(C)cc1. The molecule has 9 nitrogen and oxygen atoms in total. The number of anilines is 2. The zero-order chi connectivity index (χ0) is 28.8. The quantitative estimate of drug-likeness (QED) is 0.205. The van der Waals surface area contributed by atoms with Gasteiger partial charge in [-0.3, -0.25) is 10.1 Å². The van der Waals surface area contributed by atoms with Crippen molar-refractivity contribution in [1.29, 1.82) is 0 Å². The molecule has 10 heteroatoms. The Hall–Kier alpha value is -3.92. The molecule has 0 spiro atoms. The van der Waals surface area contributed by atoms with Gasteiger partial charge in [-0.2, -0.15) is 0 Å². The highest BCUT2D eigenvalue weighted by Crippen LogP contribution is 2.20. The molecular formula is C27H42N6O3S. The van der Waals surface area contributed by atoms with E-state index in [1.54, 1.807) is 6.08 Å². The molecule has 1 aromatic carbocycles. The van der Waals surface area contributed by atoms with Crippen molar-refractivity contribution in [2.45, 2.75) is 54.9 Å². The Morgan fingerprint density at radius 1 is 1.11 bits per heavy atom. The minimum atomic E-state index is -0.446. The summed E-state index contributed by atoms with van der Waals surface area (Å²) in [5.74, 6) is 0.0249. The third-order valence-electron chi connectivity index (χ3n) is 4.02. The van der Waals surface area contributed by atoms with Crippen LogP contribution in [0.1, 0.15) is 50.3 Å². The minimum Gasteiger partial charge on any atom is -0.453 e. The highest BCUT2D eigenvalue weighted by molar-refractivity contribution is 7.15. The number of hydrogen-bond acceptors (Lipinski definition) is 6. The topological polar surface area (TPSA) is 145 Å². The first-order valence-corrected chi connectivity index (χ1v) is 12.3. The van der Waals surface area contributed by atoms with Gasteiger partial charge < -0.3 is 21.5 Å². The van der Waals surface area contributed by atoms with Crippen LogP contribution < -0.4 is 22.1 Å². The van der Waals surface area contributed by atoms with Crippen LogP contribution in [0.4, 0.5) is 15.6 Å². The van der Waals surface area contributed by atoms with Crippen molar-refractivity contribution in [2.24, 2.45) is 16.5 Å². The van der Waals surface area contributed by atoms with Gasteiger partial charge in [-0.05, 0) is 53.2 Å². The summed E-state index contributed by atoms with van der Waals surface area (Å²) in [6, 6.07) is 7.50. The number of ether oxygens (including phenoxy) is 1. The predicted molar refractivity (Wildman–Crippen MR) is 158 cm³/mol. The molecule has 0 saturated heterocycles. The number of guanidine groups is 1. The molecular weight excluding hydrogens is 488 g/mol. The van der Waals surface area contributed by atoms with Crippen molar-refractivity contribution in [2.75, 3.05) is 17.7 Å². The highest BCUT2D eigenvalue weighted by Gasteiger charge is 2.03. The first-order chi connectivity index (χ1) is 17.4. The summed E-state index contributed by atoms with van der Waals surface area (Å²) >= 11 is 1.50. The van der Waals surface area contributed by atoms with Gasteiger partial charge in [-0.15, -0.1) is 11.3 Å². The summed E-state index contributed by atoms with van der Waals surface area (Å²) in [5.41, 5.74) is 14.0. The monoisotopic (exact) mass is 530 g/mol. The molecule has 0 radical (unpaired) electrons. The summed E-state index contributed by atoms with van der Waals surface area (Å²) in [6.07, 6.45) is 7.93. The maximum absolute atomic E-state index is 10.7. The Morgan fingerprint density at radius 2 is 1.70 bits per heavy atom. The summed E-state index contributed by atoms with van der Waals surface area (Å²) in [5, 5.41) is 5.88. The molecule has 2 aromatic rings. The van der Waals surface area contributed by atoms with Gasteiger partial charge in [0.1, 0.15) is 0 Å². The second-order valence-corrected chi connectivity index (χ2v) is 8.58. The first-order valence-electron chi connectivity index (χ1n) is 11.5. The molecule has 1 aromatic heterocycles. The lowest BCUT2D eigenvalue weighted by molar-refractivity contribution is -0.114. The number of methoxy groups -OCH3 is 1. The van der Waals surface area contributed by atoms with Crippen LogP contribution in [0.5, 0.6) is 0 Å². The van der Waals surface area contributed by atoms with E-state index in [-0.39, 0.29) is 11.9 Å². The number of thiazole rings is 1. The van der Waals surface area contributed by atoms with Crippen LogP contribution in [-0.4, -0.2) is 30.1 Å². The van der Waals surface area contributed by atoms with E-state index in [4.69, 9.17) is 11.5 Å². The summed E-state index contributed by atoms with van der Waals surface area (Å²) in [6.45, 7) is 17.1. The average Bonchev–Trinajstić information content (AvgIpc) is 3.16. The van der Waals surface area contributed by atoms with E-state index in [0.29, 0.717) is 5.13 Å². The van der Waals surface area contributed by atoms with E-state index in [0.717, 1.165) is 28.2 Å². The summed E-state index contributed by atoms with van der Waals surface area (Å²) in [4.78, 5) is 30.1. The number of carbonyl (C=O) groups excluding carboxylic acids is 2. The average molecular weight is 531 g/mol. The predicted octanol–water partition coefficient (Wildman–Crippen LogP) is 6.21. The van der Waals surface area contributed by atoms with Gasteiger partial charge in [0, 0.05) is 23.7 Å². The van der Waals surface area contributed by atoms with Crippen LogP contribution in [0.25, 0.3) is 0 Å². The number of nitrogens with two attached hydrogens (primary N) is 2. The Kier molecular flexibility index (Phi) is 20.4. The fourth-order valence-corrected chi connectivity index (χ4v) is 2.86. The first kappa shape index (κ1) is 35.2. The second kappa shape index (κ2) is 21.4. The molecule has 0 saturated carbocycles. The number of carbonyl (C=O) groups is 2. The molecule has 0 aliphatic carbocycles. The number of benzene rings is 1. The normalized spacial score (nSPS) is 9.51. The van der Waals surface area contributed by atoms with Crippen molar-refractivity contribution in [1.82, 2.24) is 4.98 Å². The summed E-state index contributed by atoms with van der Waals surface area (Å²) in [7, 11) is 1.34. The van der Waals surface area contributed by atoms with Gasteiger partial charge >= 0.3 is 6.09 Å². The fraction of sp³-hybridized carbons (Fsp3) is 0.333. The Morgan fingerprint density at radius 3 is 2.03 bits per heavy atom. The van der Waals surface area contributed by atoms with Gasteiger partial charge in [0.25, 0.3) is 0 Å². The Labute approximate surface area is 225 Å². The van der Waals surface area contributed by atoms with Crippen molar-refractivity contribution < 1.29 is 14.3 Å². The Bertz CT molecular complexity index is 1020. The minimum absolute atomic E-state index is 0.0706. The number of hydrogen-bond donors (Lipinski definition) is 4. The molecule has 0 fully saturated rings. The molecule has 0 atom stereocenters. The van der Waals surface area contributed by atoms with Crippen molar-refractivity contribution in [3.8, 4) is 0 Å². The maximum atomic E-state index is 10.7. The lowest BCUT2D eigenvalue weighted by Crippen LogP contribution is -2.21. The molecule has 2 amide bonds. The number of aliphatic imine (C=N–C) groups is 1. The number of nitrogens with one attached hydrogen (secondary N) is 2. The zero-order valence-corrected chi connectivity index (χ0v) is 24.0. The van der Waals surface area contributed by atoms with Gasteiger partial charge in [-0.1, -0.05) is 55.0 Å². The van der Waals surface area contributed by atoms with Gasteiger partial charge in [-0.25, -0.2) is 14.8 Å². The number of amides is 2. The molecule has 0 aliphatic heterocycles. The van der Waals surface area contributed by atoms with E-state index in [2.05, 4.69) is 38.8 Å². The number of nitrogens with zero attached hydrogens (tertiary/aromatic N) is 2. The van der Waals surface area contributed by atoms with Crippen LogP contribution in [0.3, 0.4) is 0 Å². The van der Waals surface area contributed by atoms with Crippen LogP contribution in [0, 0.1) is 20.8 Å². The van der Waals surface area contributed by atoms with Crippen LogP contribution in [0.15, 0.2) is 65.8 Å². The molecule has 204 valence electrons. The number of allylic oxidation sites excluding steroid dienone is 4. The highest BCUT2D eigenvalue weighted by atomic mass is 32.1. The van der Waals surface area contributed by atoms with Crippen molar-refractivity contribution in [3.05, 3.63) is 77.0 Å². The standard InChI is InChI=1S/C9H11NO2.C7H10N2OS.C7H12.C4H9N3/c1-7-3-5-8(6-4-7)10-9(11)12-2;1-4-5(2)11-7(8-4)9-6(3)10;1-4-6-7(3)5-2;1-2-3-7-4(5)6/h3-6H,1-2H3,(H,10,11);1-3H3,(H,8,9,10);4,6H,3,5H2,1-2H3;2-3H,1H3,(H4,5,6,7)/b;;6-4-;3-2+. The van der Waals surface area contributed by atoms with E-state index >= 15 is 0 Å². The second-order valence-electron chi connectivity index (χ2n) is 7.37. The third kappa shape index (κ3) is 21.1. The molecule has 1 heterocycles. The third-order valence-corrected chi connectivity index (χ3v) is 5.01. The molecule has 6 N–H and O–H groups in total. The maximum Gasteiger partial charge on any atom is 0.411 e. The molecule has 0 unspecified atom stereocenters. The molecule has 0 aliphatic rings. The fourth-order valence-electron chi connectivity index (χ4n) is 2.00. The smallest absolute Gasteiger partial charge is 0.411 e. The van der Waals surface area contributed by atoms with Crippen molar-refractivity contribution in [3.63, 3.8) is 0 Å². The lowest BCUT2D eigenvalue weighted by Gasteiger charge is -2.02. The van der Waals surface area contributed by atoms with E-state index in [9.17, 15) is 9.59 Å². The van der Waals surface area contributed by atoms with Crippen molar-refractivity contribution >= 4 is 40.1 Å². The van der Waals surface area contributed by atoms with Crippen LogP contribution in [0.2, 0.25) is 0 Å². The summed E-state index contributed by atoms with van der Waals surface area (Å²) < 4.78 is 4.43. The van der Waals surface area contributed by atoms with Crippen LogP contribution >= 0.6 is 11.3 Å². The molecule has 2 rings (SSSR count). The largest absolute Gasteiger partial charge is 0.453 e. The number of aromatic nitrogens is 1.